The molecule has 24 nitrogen and oxygen atoms in total. The van der Waals surface area contributed by atoms with Crippen LogP contribution in [0, 0.1) is 80.9 Å². The fourth-order valence-corrected chi connectivity index (χ4v) is 0. The second-order valence-corrected chi connectivity index (χ2v) is 0.596. The summed E-state index contributed by atoms with van der Waals surface area (Å²) in [5.41, 5.74) is 0. The van der Waals surface area contributed by atoms with Gasteiger partial charge in [0.15, 0.2) is 0 Å². The van der Waals surface area contributed by atoms with E-state index in [2.05, 4.69) is 0 Å². The molecular weight excluding hydrogens is 464 g/mol. The number of hydrogen-bond acceptors (Lipinski definition) is 24. The SMILES string of the molecule is O=N[O-].O=N[O-].O=N[O-].O=N[O-].O=N[O-].O=N[O-].O=N[O-].O=N[O-].[Ti+4].[Ti+4]. The molecule has 0 rings (SSSR count). The number of rotatable bonds is 0. The molecule has 0 radical (unpaired) electrons. The Bertz CT molecular complexity index is 164. The maximum Gasteiger partial charge on any atom is 4.00 e. The van der Waals surface area contributed by atoms with Gasteiger partial charge in [-0.05, 0) is 0 Å². The zero-order chi connectivity index (χ0) is 21.7. The zero-order valence-electron chi connectivity index (χ0n) is 11.1. The van der Waals surface area contributed by atoms with E-state index in [1.54, 1.807) is 0 Å². The molecule has 26 heavy (non-hydrogen) atoms. The van der Waals surface area contributed by atoms with Gasteiger partial charge >= 0.3 is 43.4 Å². The summed E-state index contributed by atoms with van der Waals surface area (Å²) < 4.78 is 0. The van der Waals surface area contributed by atoms with Crippen molar-refractivity contribution in [1.29, 1.82) is 0 Å². The van der Waals surface area contributed by atoms with Gasteiger partial charge in [-0.15, -0.1) is 42.7 Å². The maximum absolute atomic E-state index is 8.00. The van der Waals surface area contributed by atoms with Crippen LogP contribution in [-0.4, -0.2) is 0 Å². The molecule has 0 bridgehead atoms. The van der Waals surface area contributed by atoms with Gasteiger partial charge in [-0.3, -0.25) is 0 Å². The van der Waals surface area contributed by atoms with Crippen LogP contribution in [0.1, 0.15) is 0 Å². The van der Waals surface area contributed by atoms with E-state index in [1.807, 2.05) is 0 Å². The third-order valence-electron chi connectivity index (χ3n) is 0. The first kappa shape index (κ1) is 66.4. The average molecular weight is 464 g/mol. The van der Waals surface area contributed by atoms with Crippen molar-refractivity contribution < 1.29 is 43.4 Å². The molecule has 26 heteroatoms. The van der Waals surface area contributed by atoms with Crippen LogP contribution in [0.3, 0.4) is 0 Å². The van der Waals surface area contributed by atoms with Crippen LogP contribution in [0.4, 0.5) is 0 Å². The van der Waals surface area contributed by atoms with Crippen LogP contribution in [-0.2, 0) is 43.4 Å². The second kappa shape index (κ2) is 430. The van der Waals surface area contributed by atoms with Gasteiger partial charge in [0.25, 0.3) is 0 Å². The number of nitrogens with zero attached hydrogens (tertiary/aromatic N) is 8. The molecule has 0 unspecified atom stereocenters. The van der Waals surface area contributed by atoms with Gasteiger partial charge in [-0.25, -0.2) is 0 Å². The minimum atomic E-state index is 0. The molecular formula is N8O16Ti2. The van der Waals surface area contributed by atoms with Crippen molar-refractivity contribution >= 4 is 0 Å². The van der Waals surface area contributed by atoms with Crippen molar-refractivity contribution in [3.63, 3.8) is 0 Å². The van der Waals surface area contributed by atoms with Crippen molar-refractivity contribution in [3.05, 3.63) is 80.9 Å². The van der Waals surface area contributed by atoms with Crippen molar-refractivity contribution in [2.45, 2.75) is 0 Å². The van der Waals surface area contributed by atoms with Gasteiger partial charge in [-0.1, -0.05) is 0 Å². The second-order valence-electron chi connectivity index (χ2n) is 0.596. The quantitative estimate of drug-likeness (QED) is 0.281. The summed E-state index contributed by atoms with van der Waals surface area (Å²) in [6, 6.07) is 0. The minimum absolute atomic E-state index is 0. The maximum atomic E-state index is 8.00. The van der Waals surface area contributed by atoms with Gasteiger partial charge in [0.05, 0.1) is 0 Å². The molecule has 0 aromatic rings. The first-order valence-corrected chi connectivity index (χ1v) is 2.92. The molecule has 0 saturated heterocycles. The van der Waals surface area contributed by atoms with Crippen molar-refractivity contribution in [1.82, 2.24) is 0 Å². The predicted octanol–water partition coefficient (Wildman–Crippen LogP) is 2.00. The van der Waals surface area contributed by atoms with Crippen LogP contribution >= 0.6 is 0 Å². The molecule has 0 aliphatic heterocycles. The summed E-state index contributed by atoms with van der Waals surface area (Å²) >= 11 is 0. The molecule has 0 N–H and O–H groups in total. The summed E-state index contributed by atoms with van der Waals surface area (Å²) in [5, 5.41) is 72.0. The molecule has 0 aliphatic rings. The third kappa shape index (κ3) is 699. The molecule has 0 aliphatic carbocycles. The van der Waals surface area contributed by atoms with E-state index in [0.29, 0.717) is 0 Å². The predicted molar refractivity (Wildman–Crippen MR) is 73.3 cm³/mol. The van der Waals surface area contributed by atoms with E-state index in [-0.39, 0.29) is 43.4 Å². The average Bonchev–Trinajstić information content (AvgIpc) is 2.45. The smallest absolute Gasteiger partial charge is 0.444 e. The fraction of sp³-hybridized carbons (Fsp3) is 0. The summed E-state index contributed by atoms with van der Waals surface area (Å²) in [6.07, 6.45) is 0. The topological polar surface area (TPSA) is 420 Å². The summed E-state index contributed by atoms with van der Waals surface area (Å²) in [7, 11) is 0. The van der Waals surface area contributed by atoms with E-state index in [0.717, 1.165) is 42.7 Å². The zero-order valence-corrected chi connectivity index (χ0v) is 14.2. The molecule has 0 aromatic heterocycles. The molecule has 0 amide bonds. The number of hydrogen-bond donors (Lipinski definition) is 0. The minimum Gasteiger partial charge on any atom is -0.444 e. The standard InChI is InChI=1S/8HNO2.2Ti/c8*2-1-3;;/h8*(H,2,3);;/q;;;;;;;;2*+4/p-8. The van der Waals surface area contributed by atoms with Gasteiger partial charge in [-0.2, -0.15) is 0 Å². The fourth-order valence-electron chi connectivity index (χ4n) is 0. The monoisotopic (exact) mass is 464 g/mol. The van der Waals surface area contributed by atoms with Crippen LogP contribution in [0.5, 0.6) is 0 Å². The Morgan fingerprint density at radius 3 is 0.269 bits per heavy atom. The van der Waals surface area contributed by atoms with E-state index in [4.69, 9.17) is 80.9 Å². The molecule has 0 heterocycles. The van der Waals surface area contributed by atoms with Gasteiger partial charge in [0.1, 0.15) is 0 Å². The Labute approximate surface area is 167 Å². The molecule has 0 fully saturated rings. The van der Waals surface area contributed by atoms with Gasteiger partial charge in [0.2, 0.25) is 0 Å². The van der Waals surface area contributed by atoms with Crippen molar-refractivity contribution in [2.24, 2.45) is 42.7 Å². The van der Waals surface area contributed by atoms with E-state index in [9.17, 15) is 0 Å². The van der Waals surface area contributed by atoms with Crippen LogP contribution in [0.15, 0.2) is 42.7 Å². The Hall–Kier alpha value is -3.37. The summed E-state index contributed by atoms with van der Waals surface area (Å²) in [5.74, 6) is 0. The molecule has 0 aromatic carbocycles. The molecule has 144 valence electrons. The molecule has 0 atom stereocenters. The third-order valence-corrected chi connectivity index (χ3v) is 0. The summed E-state index contributed by atoms with van der Waals surface area (Å²) in [6.45, 7) is 0. The largest absolute Gasteiger partial charge is 4.00 e. The van der Waals surface area contributed by atoms with Crippen molar-refractivity contribution in [2.75, 3.05) is 0 Å². The first-order valence-electron chi connectivity index (χ1n) is 2.92. The van der Waals surface area contributed by atoms with Crippen molar-refractivity contribution in [3.8, 4) is 0 Å². The Morgan fingerprint density at radius 2 is 0.269 bits per heavy atom. The first-order chi connectivity index (χ1) is 11.3. The van der Waals surface area contributed by atoms with E-state index < -0.39 is 0 Å². The van der Waals surface area contributed by atoms with Gasteiger partial charge < -0.3 is 80.9 Å². The molecule has 0 saturated carbocycles. The van der Waals surface area contributed by atoms with E-state index >= 15 is 0 Å². The molecule has 0 spiro atoms. The Morgan fingerprint density at radius 1 is 0.269 bits per heavy atom. The normalized spacial score (nSPS) is 3.69. The Balaban J connectivity index is -0.0000000139. The summed E-state index contributed by atoms with van der Waals surface area (Å²) in [4.78, 5) is 64.0. The van der Waals surface area contributed by atoms with Gasteiger partial charge in [0, 0.05) is 0 Å². The Kier molecular flexibility index (Phi) is 1100. The van der Waals surface area contributed by atoms with Crippen LogP contribution in [0.25, 0.3) is 0 Å². The van der Waals surface area contributed by atoms with Crippen LogP contribution in [0.2, 0.25) is 0 Å². The van der Waals surface area contributed by atoms with E-state index in [1.165, 1.54) is 0 Å². The van der Waals surface area contributed by atoms with Crippen LogP contribution < -0.4 is 0 Å².